The van der Waals surface area contributed by atoms with Crippen LogP contribution < -0.4 is 10.1 Å². The molecule has 2 aromatic rings. The van der Waals surface area contributed by atoms with Gasteiger partial charge in [-0.3, -0.25) is 9.59 Å². The number of hydrogen-bond acceptors (Lipinski definition) is 4. The number of amides is 2. The van der Waals surface area contributed by atoms with Gasteiger partial charge in [0.05, 0.1) is 17.3 Å². The second kappa shape index (κ2) is 9.08. The lowest BCUT2D eigenvalue weighted by atomic mass is 10.1. The first-order valence-electron chi connectivity index (χ1n) is 9.29. The van der Waals surface area contributed by atoms with Gasteiger partial charge in [-0.1, -0.05) is 11.6 Å². The first-order chi connectivity index (χ1) is 13.5. The second-order valence-corrected chi connectivity index (χ2v) is 7.11. The molecule has 1 fully saturated rings. The number of halogens is 1. The minimum Gasteiger partial charge on any atom is -0.494 e. The van der Waals surface area contributed by atoms with Crippen molar-refractivity contribution < 1.29 is 14.3 Å². The number of hydrogen-bond donors (Lipinski definition) is 1. The molecule has 0 aromatic heterocycles. The minimum absolute atomic E-state index is 0.0543. The van der Waals surface area contributed by atoms with Crippen LogP contribution in [0.1, 0.15) is 27.6 Å². The third kappa shape index (κ3) is 4.82. The quantitative estimate of drug-likeness (QED) is 0.834. The van der Waals surface area contributed by atoms with Crippen molar-refractivity contribution in [3.8, 4) is 5.75 Å². The van der Waals surface area contributed by atoms with E-state index in [9.17, 15) is 9.59 Å². The Morgan fingerprint density at radius 2 is 1.68 bits per heavy atom. The molecule has 0 atom stereocenters. The highest BCUT2D eigenvalue weighted by Crippen LogP contribution is 2.25. The lowest BCUT2D eigenvalue weighted by molar-refractivity contribution is 0.0664. The van der Waals surface area contributed by atoms with Crippen LogP contribution in [-0.2, 0) is 0 Å². The standard InChI is InChI=1S/C21H24ClN3O3/c1-3-28-17-7-4-15(5-8-17)20(26)23-19-14-16(6-9-18(19)22)21(27)25-12-10-24(2)11-13-25/h4-9,14H,3,10-13H2,1-2H3,(H,23,26). The summed E-state index contributed by atoms with van der Waals surface area (Å²) >= 11 is 6.24. The largest absolute Gasteiger partial charge is 0.494 e. The predicted octanol–water partition coefficient (Wildman–Crippen LogP) is 3.38. The SMILES string of the molecule is CCOc1ccc(C(=O)Nc2cc(C(=O)N3CCN(C)CC3)ccc2Cl)cc1. The van der Waals surface area contributed by atoms with Crippen LogP contribution in [0.25, 0.3) is 0 Å². The molecular formula is C21H24ClN3O3. The number of likely N-dealkylation sites (N-methyl/N-ethyl adjacent to an activating group) is 1. The van der Waals surface area contributed by atoms with Gasteiger partial charge in [0.25, 0.3) is 11.8 Å². The van der Waals surface area contributed by atoms with Crippen LogP contribution in [-0.4, -0.2) is 61.4 Å². The molecule has 1 aliphatic rings. The van der Waals surface area contributed by atoms with Gasteiger partial charge in [-0.2, -0.15) is 0 Å². The van der Waals surface area contributed by atoms with E-state index in [4.69, 9.17) is 16.3 Å². The zero-order valence-corrected chi connectivity index (χ0v) is 16.8. The van der Waals surface area contributed by atoms with E-state index in [0.29, 0.717) is 47.3 Å². The van der Waals surface area contributed by atoms with Crippen LogP contribution >= 0.6 is 11.6 Å². The second-order valence-electron chi connectivity index (χ2n) is 6.70. The molecule has 2 amide bonds. The fourth-order valence-electron chi connectivity index (χ4n) is 3.01. The number of ether oxygens (including phenoxy) is 1. The highest BCUT2D eigenvalue weighted by molar-refractivity contribution is 6.34. The molecule has 28 heavy (non-hydrogen) atoms. The van der Waals surface area contributed by atoms with Gasteiger partial charge in [-0.15, -0.1) is 0 Å². The molecule has 0 radical (unpaired) electrons. The molecule has 3 rings (SSSR count). The van der Waals surface area contributed by atoms with Crippen molar-refractivity contribution in [1.82, 2.24) is 9.80 Å². The number of carbonyl (C=O) groups is 2. The Hall–Kier alpha value is -2.57. The third-order valence-electron chi connectivity index (χ3n) is 4.68. The molecule has 148 valence electrons. The Balaban J connectivity index is 1.72. The number of anilines is 1. The molecule has 0 spiro atoms. The summed E-state index contributed by atoms with van der Waals surface area (Å²) in [5.41, 5.74) is 1.41. The monoisotopic (exact) mass is 401 g/mol. The Kier molecular flexibility index (Phi) is 6.54. The molecule has 1 N–H and O–H groups in total. The van der Waals surface area contributed by atoms with Crippen molar-refractivity contribution in [1.29, 1.82) is 0 Å². The zero-order chi connectivity index (χ0) is 20.1. The van der Waals surface area contributed by atoms with Gasteiger partial charge >= 0.3 is 0 Å². The maximum atomic E-state index is 12.8. The summed E-state index contributed by atoms with van der Waals surface area (Å²) in [6, 6.07) is 11.8. The van der Waals surface area contributed by atoms with Gasteiger partial charge < -0.3 is 19.9 Å². The number of carbonyl (C=O) groups excluding carboxylic acids is 2. The predicted molar refractivity (Wildman–Crippen MR) is 110 cm³/mol. The van der Waals surface area contributed by atoms with E-state index in [1.165, 1.54) is 0 Å². The van der Waals surface area contributed by atoms with Crippen molar-refractivity contribution in [2.24, 2.45) is 0 Å². The first kappa shape index (κ1) is 20.2. The third-order valence-corrected chi connectivity index (χ3v) is 5.01. The van der Waals surface area contributed by atoms with Gasteiger partial charge in [-0.25, -0.2) is 0 Å². The summed E-state index contributed by atoms with van der Waals surface area (Å²) in [5.74, 6) is 0.354. The van der Waals surface area contributed by atoms with Crippen molar-refractivity contribution in [3.63, 3.8) is 0 Å². The van der Waals surface area contributed by atoms with Crippen molar-refractivity contribution >= 4 is 29.1 Å². The fraction of sp³-hybridized carbons (Fsp3) is 0.333. The maximum absolute atomic E-state index is 12.8. The average Bonchev–Trinajstić information content (AvgIpc) is 2.70. The normalized spacial score (nSPS) is 14.6. The highest BCUT2D eigenvalue weighted by atomic mass is 35.5. The van der Waals surface area contributed by atoms with Crippen LogP contribution in [0.5, 0.6) is 5.75 Å². The smallest absolute Gasteiger partial charge is 0.255 e. The van der Waals surface area contributed by atoms with E-state index in [-0.39, 0.29) is 11.8 Å². The summed E-state index contributed by atoms with van der Waals surface area (Å²) in [5, 5.41) is 3.18. The topological polar surface area (TPSA) is 61.9 Å². The van der Waals surface area contributed by atoms with Crippen LogP contribution in [0.15, 0.2) is 42.5 Å². The van der Waals surface area contributed by atoms with E-state index in [1.807, 2.05) is 18.9 Å². The molecule has 1 aliphatic heterocycles. The Labute approximate surface area is 170 Å². The molecule has 0 aliphatic carbocycles. The highest BCUT2D eigenvalue weighted by Gasteiger charge is 2.21. The summed E-state index contributed by atoms with van der Waals surface area (Å²) in [6.45, 7) is 5.54. The van der Waals surface area contributed by atoms with E-state index < -0.39 is 0 Å². The molecule has 0 unspecified atom stereocenters. The van der Waals surface area contributed by atoms with E-state index in [0.717, 1.165) is 13.1 Å². The molecule has 1 heterocycles. The van der Waals surface area contributed by atoms with Gasteiger partial charge in [0.1, 0.15) is 5.75 Å². The summed E-state index contributed by atoms with van der Waals surface area (Å²) in [6.07, 6.45) is 0. The van der Waals surface area contributed by atoms with Crippen LogP contribution in [0, 0.1) is 0 Å². The Morgan fingerprint density at radius 1 is 1.04 bits per heavy atom. The van der Waals surface area contributed by atoms with E-state index in [2.05, 4.69) is 10.2 Å². The zero-order valence-electron chi connectivity index (χ0n) is 16.1. The Bertz CT molecular complexity index is 846. The fourth-order valence-corrected chi connectivity index (χ4v) is 3.17. The molecule has 7 heteroatoms. The van der Waals surface area contributed by atoms with Gasteiger partial charge in [0.2, 0.25) is 0 Å². The van der Waals surface area contributed by atoms with Crippen molar-refractivity contribution in [2.45, 2.75) is 6.92 Å². The van der Waals surface area contributed by atoms with Crippen molar-refractivity contribution in [3.05, 3.63) is 58.6 Å². The maximum Gasteiger partial charge on any atom is 0.255 e. The van der Waals surface area contributed by atoms with Gasteiger partial charge in [0, 0.05) is 37.3 Å². The molecule has 2 aromatic carbocycles. The number of nitrogens with zero attached hydrogens (tertiary/aromatic N) is 2. The molecule has 0 saturated carbocycles. The van der Waals surface area contributed by atoms with Crippen molar-refractivity contribution in [2.75, 3.05) is 45.2 Å². The lowest BCUT2D eigenvalue weighted by Crippen LogP contribution is -2.47. The minimum atomic E-state index is -0.297. The summed E-state index contributed by atoms with van der Waals surface area (Å²) < 4.78 is 5.39. The number of nitrogens with one attached hydrogen (secondary N) is 1. The number of benzene rings is 2. The molecule has 1 saturated heterocycles. The van der Waals surface area contributed by atoms with Crippen LogP contribution in [0.3, 0.4) is 0 Å². The number of piperazine rings is 1. The van der Waals surface area contributed by atoms with E-state index >= 15 is 0 Å². The van der Waals surface area contributed by atoms with E-state index in [1.54, 1.807) is 42.5 Å². The molecule has 0 bridgehead atoms. The number of rotatable bonds is 5. The summed E-state index contributed by atoms with van der Waals surface area (Å²) in [7, 11) is 2.04. The van der Waals surface area contributed by atoms with Gasteiger partial charge in [0.15, 0.2) is 0 Å². The average molecular weight is 402 g/mol. The first-order valence-corrected chi connectivity index (χ1v) is 9.67. The van der Waals surface area contributed by atoms with Crippen LogP contribution in [0.4, 0.5) is 5.69 Å². The summed E-state index contributed by atoms with van der Waals surface area (Å²) in [4.78, 5) is 29.3. The Morgan fingerprint density at radius 3 is 2.32 bits per heavy atom. The van der Waals surface area contributed by atoms with Gasteiger partial charge in [-0.05, 0) is 56.4 Å². The van der Waals surface area contributed by atoms with Crippen LogP contribution in [0.2, 0.25) is 5.02 Å². The lowest BCUT2D eigenvalue weighted by Gasteiger charge is -2.32. The molecular weight excluding hydrogens is 378 g/mol. The molecule has 6 nitrogen and oxygen atoms in total.